The Balaban J connectivity index is 2.07. The van der Waals surface area contributed by atoms with Gasteiger partial charge in [0.2, 0.25) is 11.8 Å². The van der Waals surface area contributed by atoms with E-state index in [1.165, 1.54) is 56.5 Å². The number of carbonyl (C=O) groups excluding carboxylic acids is 2. The number of sulfonamides is 1. The van der Waals surface area contributed by atoms with Crippen molar-refractivity contribution in [1.29, 1.82) is 0 Å². The minimum absolute atomic E-state index is 0.00605. The zero-order valence-electron chi connectivity index (χ0n) is 22.5. The van der Waals surface area contributed by atoms with Crippen LogP contribution < -0.4 is 19.1 Å². The maximum absolute atomic E-state index is 13.9. The molecule has 0 saturated carbocycles. The lowest BCUT2D eigenvalue weighted by Crippen LogP contribution is -2.50. The van der Waals surface area contributed by atoms with Crippen molar-refractivity contribution >= 4 is 39.1 Å². The van der Waals surface area contributed by atoms with E-state index in [0.29, 0.717) is 17.1 Å². The number of amides is 2. The Morgan fingerprint density at radius 2 is 1.69 bits per heavy atom. The molecule has 3 rings (SSSR count). The van der Waals surface area contributed by atoms with E-state index in [9.17, 15) is 18.0 Å². The molecule has 0 saturated heterocycles. The Morgan fingerprint density at radius 3 is 2.28 bits per heavy atom. The molecular weight excluding hydrogens is 542 g/mol. The first-order chi connectivity index (χ1) is 18.5. The Morgan fingerprint density at radius 1 is 1.00 bits per heavy atom. The van der Waals surface area contributed by atoms with E-state index in [-0.39, 0.29) is 22.2 Å². The Bertz CT molecular complexity index is 1430. The molecule has 0 aromatic heterocycles. The van der Waals surface area contributed by atoms with Crippen molar-refractivity contribution in [3.05, 3.63) is 82.9 Å². The highest BCUT2D eigenvalue weighted by Crippen LogP contribution is 2.32. The lowest BCUT2D eigenvalue weighted by atomic mass is 10.1. The van der Waals surface area contributed by atoms with E-state index in [4.69, 9.17) is 21.1 Å². The molecule has 208 valence electrons. The molecule has 0 unspecified atom stereocenters. The van der Waals surface area contributed by atoms with E-state index in [1.54, 1.807) is 43.3 Å². The number of rotatable bonds is 11. The lowest BCUT2D eigenvalue weighted by Gasteiger charge is -2.32. The van der Waals surface area contributed by atoms with Gasteiger partial charge in [-0.15, -0.1) is 0 Å². The fraction of sp³-hybridized carbons (Fsp3) is 0.286. The highest BCUT2D eigenvalue weighted by atomic mass is 35.5. The third-order valence-electron chi connectivity index (χ3n) is 6.21. The molecule has 3 aromatic rings. The molecule has 2 amide bonds. The number of likely N-dealkylation sites (N-methyl/N-ethyl adjacent to an activating group) is 1. The molecule has 11 heteroatoms. The number of aryl methyl sites for hydroxylation is 1. The maximum Gasteiger partial charge on any atom is 0.264 e. The molecule has 3 aromatic carbocycles. The average Bonchev–Trinajstić information content (AvgIpc) is 2.93. The van der Waals surface area contributed by atoms with E-state index >= 15 is 0 Å². The summed E-state index contributed by atoms with van der Waals surface area (Å²) in [5, 5.41) is 2.73. The molecule has 0 fully saturated rings. The van der Waals surface area contributed by atoms with Gasteiger partial charge in [0, 0.05) is 13.6 Å². The molecule has 0 aliphatic rings. The van der Waals surface area contributed by atoms with E-state index in [2.05, 4.69) is 5.32 Å². The number of hydrogen-bond acceptors (Lipinski definition) is 6. The molecule has 0 aliphatic carbocycles. The average molecular weight is 574 g/mol. The number of nitrogens with zero attached hydrogens (tertiary/aromatic N) is 2. The van der Waals surface area contributed by atoms with Crippen molar-refractivity contribution in [3.8, 4) is 11.5 Å². The Labute approximate surface area is 234 Å². The monoisotopic (exact) mass is 573 g/mol. The smallest absolute Gasteiger partial charge is 0.264 e. The van der Waals surface area contributed by atoms with Gasteiger partial charge in [-0.3, -0.25) is 13.9 Å². The van der Waals surface area contributed by atoms with E-state index < -0.39 is 34.4 Å². The van der Waals surface area contributed by atoms with Crippen LogP contribution in [-0.4, -0.2) is 59.0 Å². The highest BCUT2D eigenvalue weighted by Gasteiger charge is 2.32. The van der Waals surface area contributed by atoms with Crippen molar-refractivity contribution in [2.75, 3.05) is 32.1 Å². The second-order valence-electron chi connectivity index (χ2n) is 8.81. The van der Waals surface area contributed by atoms with Crippen LogP contribution in [0.1, 0.15) is 18.1 Å². The largest absolute Gasteiger partial charge is 0.497 e. The summed E-state index contributed by atoms with van der Waals surface area (Å²) in [4.78, 5) is 27.8. The molecule has 0 radical (unpaired) electrons. The summed E-state index contributed by atoms with van der Waals surface area (Å²) >= 11 is 6.33. The van der Waals surface area contributed by atoms with Gasteiger partial charge in [-0.1, -0.05) is 41.4 Å². The van der Waals surface area contributed by atoms with Crippen LogP contribution in [0.15, 0.2) is 71.6 Å². The number of benzene rings is 3. The van der Waals surface area contributed by atoms with E-state index in [0.717, 1.165) is 9.87 Å². The lowest BCUT2D eigenvalue weighted by molar-refractivity contribution is -0.139. The van der Waals surface area contributed by atoms with Crippen molar-refractivity contribution < 1.29 is 27.5 Å². The third kappa shape index (κ3) is 7.01. The normalized spacial score (nSPS) is 11.8. The first-order valence-corrected chi connectivity index (χ1v) is 13.9. The number of halogens is 1. The van der Waals surface area contributed by atoms with Gasteiger partial charge in [0.15, 0.2) is 0 Å². The number of ether oxygens (including phenoxy) is 2. The number of nitrogens with one attached hydrogen (secondary N) is 1. The molecule has 0 bridgehead atoms. The summed E-state index contributed by atoms with van der Waals surface area (Å²) in [6.07, 6.45) is 0. The highest BCUT2D eigenvalue weighted by molar-refractivity contribution is 7.92. The van der Waals surface area contributed by atoms with Gasteiger partial charge < -0.3 is 19.7 Å². The molecule has 39 heavy (non-hydrogen) atoms. The SMILES string of the molecule is CNC(=O)[C@@H](C)N(Cc1cccc(OC)c1)C(=O)CN(c1ccc(OC)c(Cl)c1)S(=O)(=O)c1ccc(C)cc1. The van der Waals surface area contributed by atoms with Gasteiger partial charge in [0.05, 0.1) is 29.8 Å². The van der Waals surface area contributed by atoms with Crippen molar-refractivity contribution in [2.24, 2.45) is 0 Å². The fourth-order valence-electron chi connectivity index (χ4n) is 3.94. The molecule has 9 nitrogen and oxygen atoms in total. The van der Waals surface area contributed by atoms with Crippen LogP contribution in [0, 0.1) is 6.92 Å². The number of anilines is 1. The van der Waals surface area contributed by atoms with Crippen molar-refractivity contribution in [3.63, 3.8) is 0 Å². The quantitative estimate of drug-likeness (QED) is 0.371. The van der Waals surface area contributed by atoms with Crippen molar-refractivity contribution in [2.45, 2.75) is 31.3 Å². The Hall–Kier alpha value is -3.76. The van der Waals surface area contributed by atoms with Gasteiger partial charge in [0.25, 0.3) is 10.0 Å². The van der Waals surface area contributed by atoms with Gasteiger partial charge in [-0.05, 0) is 61.9 Å². The summed E-state index contributed by atoms with van der Waals surface area (Å²) in [5.41, 5.74) is 1.76. The topological polar surface area (TPSA) is 105 Å². The minimum atomic E-state index is -4.21. The van der Waals surface area contributed by atoms with Crippen LogP contribution >= 0.6 is 11.6 Å². The number of carbonyl (C=O) groups is 2. The zero-order valence-corrected chi connectivity index (χ0v) is 24.0. The van der Waals surface area contributed by atoms with Gasteiger partial charge >= 0.3 is 0 Å². The minimum Gasteiger partial charge on any atom is -0.497 e. The van der Waals surface area contributed by atoms with Gasteiger partial charge in [0.1, 0.15) is 24.1 Å². The molecular formula is C28H32ClN3O6S. The summed E-state index contributed by atoms with van der Waals surface area (Å²) < 4.78 is 39.2. The standard InChI is InChI=1S/C28H32ClN3O6S/c1-19-9-12-24(13-10-19)39(35,36)32(22-11-14-26(38-5)25(29)16-22)18-27(33)31(20(2)28(34)30-3)17-21-7-6-8-23(15-21)37-4/h6-16,20H,17-18H2,1-5H3,(H,30,34)/t20-/m1/s1. The summed E-state index contributed by atoms with van der Waals surface area (Å²) in [6, 6.07) is 17.0. The number of hydrogen-bond donors (Lipinski definition) is 1. The summed E-state index contributed by atoms with van der Waals surface area (Å²) in [7, 11) is 0.245. The van der Waals surface area contributed by atoms with Crippen LogP contribution in [0.25, 0.3) is 0 Å². The fourth-order valence-corrected chi connectivity index (χ4v) is 5.59. The van der Waals surface area contributed by atoms with E-state index in [1.807, 2.05) is 6.92 Å². The molecule has 0 spiro atoms. The molecule has 1 atom stereocenters. The summed E-state index contributed by atoms with van der Waals surface area (Å²) in [5.74, 6) is -0.0421. The molecule has 1 N–H and O–H groups in total. The molecule has 0 aliphatic heterocycles. The first-order valence-electron chi connectivity index (χ1n) is 12.1. The zero-order chi connectivity index (χ0) is 28.7. The summed E-state index contributed by atoms with van der Waals surface area (Å²) in [6.45, 7) is 2.90. The second-order valence-corrected chi connectivity index (χ2v) is 11.1. The van der Waals surface area contributed by atoms with Gasteiger partial charge in [-0.2, -0.15) is 0 Å². The van der Waals surface area contributed by atoms with Crippen LogP contribution in [0.2, 0.25) is 5.02 Å². The number of methoxy groups -OCH3 is 2. The maximum atomic E-state index is 13.9. The van der Waals surface area contributed by atoms with Crippen LogP contribution in [0.5, 0.6) is 11.5 Å². The predicted molar refractivity (Wildman–Crippen MR) is 151 cm³/mol. The van der Waals surface area contributed by atoms with Gasteiger partial charge in [-0.25, -0.2) is 8.42 Å². The van der Waals surface area contributed by atoms with Crippen LogP contribution in [-0.2, 0) is 26.2 Å². The third-order valence-corrected chi connectivity index (χ3v) is 8.30. The van der Waals surface area contributed by atoms with Crippen LogP contribution in [0.3, 0.4) is 0 Å². The molecule has 0 heterocycles. The first kappa shape index (κ1) is 29.8. The van der Waals surface area contributed by atoms with Crippen molar-refractivity contribution in [1.82, 2.24) is 10.2 Å². The van der Waals surface area contributed by atoms with Crippen LogP contribution in [0.4, 0.5) is 5.69 Å². The second kappa shape index (κ2) is 12.9. The Kier molecular flexibility index (Phi) is 9.82. The predicted octanol–water partition coefficient (Wildman–Crippen LogP) is 4.02.